The van der Waals surface area contributed by atoms with Gasteiger partial charge >= 0.3 is 6.09 Å². The summed E-state index contributed by atoms with van der Waals surface area (Å²) in [6, 6.07) is 6.08. The lowest BCUT2D eigenvalue weighted by atomic mass is 10.1. The van der Waals surface area contributed by atoms with E-state index in [9.17, 15) is 14.4 Å². The van der Waals surface area contributed by atoms with Crippen molar-refractivity contribution in [2.75, 3.05) is 26.4 Å². The molecule has 0 aliphatic carbocycles. The number of morpholine rings is 1. The van der Waals surface area contributed by atoms with Crippen molar-refractivity contribution in [2.45, 2.75) is 32.4 Å². The highest BCUT2D eigenvalue weighted by Crippen LogP contribution is 2.23. The van der Waals surface area contributed by atoms with Crippen LogP contribution in [0.5, 0.6) is 0 Å². The van der Waals surface area contributed by atoms with E-state index >= 15 is 0 Å². The molecular formula is C18H22N2O6. The van der Waals surface area contributed by atoms with E-state index in [1.807, 2.05) is 0 Å². The predicted octanol–water partition coefficient (Wildman–Crippen LogP) is 1.85. The molecule has 8 heteroatoms. The maximum Gasteiger partial charge on any atom is 0.410 e. The highest BCUT2D eigenvalue weighted by molar-refractivity contribution is 6.20. The van der Waals surface area contributed by atoms with Gasteiger partial charge in [-0.1, -0.05) is 12.1 Å². The highest BCUT2D eigenvalue weighted by Gasteiger charge is 2.38. The zero-order valence-corrected chi connectivity index (χ0v) is 15.1. The van der Waals surface area contributed by atoms with E-state index in [1.54, 1.807) is 45.0 Å². The number of hydrogen-bond acceptors (Lipinski definition) is 6. The summed E-state index contributed by atoms with van der Waals surface area (Å²) in [5.41, 5.74) is -0.00801. The minimum Gasteiger partial charge on any atom is -0.444 e. The van der Waals surface area contributed by atoms with Gasteiger partial charge in [-0.3, -0.25) is 19.3 Å². The Labute approximate surface area is 151 Å². The zero-order chi connectivity index (χ0) is 18.9. The van der Waals surface area contributed by atoms with Gasteiger partial charge < -0.3 is 9.47 Å². The van der Waals surface area contributed by atoms with Crippen LogP contribution >= 0.6 is 0 Å². The van der Waals surface area contributed by atoms with Crippen LogP contribution in [0.2, 0.25) is 0 Å². The summed E-state index contributed by atoms with van der Waals surface area (Å²) in [5.74, 6) is -1.02. The second kappa shape index (κ2) is 7.05. The van der Waals surface area contributed by atoms with Gasteiger partial charge in [0.1, 0.15) is 5.60 Å². The van der Waals surface area contributed by atoms with Crippen LogP contribution in [-0.2, 0) is 14.3 Å². The Bertz CT molecular complexity index is 692. The van der Waals surface area contributed by atoms with Gasteiger partial charge in [-0.25, -0.2) is 4.79 Å². The Hall–Kier alpha value is -2.45. The third-order valence-corrected chi connectivity index (χ3v) is 4.01. The van der Waals surface area contributed by atoms with Crippen molar-refractivity contribution in [3.8, 4) is 0 Å². The maximum atomic E-state index is 12.4. The van der Waals surface area contributed by atoms with Gasteiger partial charge in [0, 0.05) is 6.54 Å². The molecule has 0 unspecified atom stereocenters. The Morgan fingerprint density at radius 2 is 1.81 bits per heavy atom. The van der Waals surface area contributed by atoms with Crippen molar-refractivity contribution < 1.29 is 28.7 Å². The summed E-state index contributed by atoms with van der Waals surface area (Å²) < 4.78 is 10.8. The fourth-order valence-corrected chi connectivity index (χ4v) is 2.80. The first kappa shape index (κ1) is 18.3. The first-order chi connectivity index (χ1) is 12.3. The molecule has 0 bridgehead atoms. The normalized spacial score (nSPS) is 20.3. The lowest BCUT2D eigenvalue weighted by Gasteiger charge is -2.36. The van der Waals surface area contributed by atoms with Crippen LogP contribution in [-0.4, -0.2) is 65.9 Å². The largest absolute Gasteiger partial charge is 0.444 e. The third kappa shape index (κ3) is 3.71. The molecule has 0 saturated carbocycles. The molecule has 3 amide bonds. The van der Waals surface area contributed by atoms with Crippen molar-refractivity contribution in [2.24, 2.45) is 0 Å². The lowest BCUT2D eigenvalue weighted by Crippen LogP contribution is -2.53. The van der Waals surface area contributed by atoms with Gasteiger partial charge in [0.05, 0.1) is 37.0 Å². The van der Waals surface area contributed by atoms with Crippen molar-refractivity contribution in [3.63, 3.8) is 0 Å². The lowest BCUT2D eigenvalue weighted by molar-refractivity contribution is -0.125. The molecule has 8 nitrogen and oxygen atoms in total. The summed E-state index contributed by atoms with van der Waals surface area (Å²) in [5, 5.41) is 0.743. The quantitative estimate of drug-likeness (QED) is 0.763. The summed E-state index contributed by atoms with van der Waals surface area (Å²) in [4.78, 5) is 44.0. The van der Waals surface area contributed by atoms with Crippen LogP contribution in [0.15, 0.2) is 24.3 Å². The average molecular weight is 362 g/mol. The van der Waals surface area contributed by atoms with Gasteiger partial charge in [0.2, 0.25) is 0 Å². The van der Waals surface area contributed by atoms with Crippen LogP contribution in [0.3, 0.4) is 0 Å². The fraction of sp³-hybridized carbons (Fsp3) is 0.500. The van der Waals surface area contributed by atoms with E-state index < -0.39 is 29.6 Å². The van der Waals surface area contributed by atoms with Gasteiger partial charge in [-0.15, -0.1) is 5.06 Å². The van der Waals surface area contributed by atoms with Gasteiger partial charge in [-0.2, -0.15) is 0 Å². The molecule has 1 aromatic carbocycles. The number of hydroxylamine groups is 2. The Morgan fingerprint density at radius 1 is 1.19 bits per heavy atom. The molecule has 3 rings (SSSR count). The standard InChI is InChI=1S/C18H22N2O6/c1-18(2,3)26-17(23)19-8-9-24-10-12(19)11-25-20-15(21)13-6-4-5-7-14(13)16(20)22/h4-7,12H,8-11H2,1-3H3/t12-/m1/s1. The maximum absolute atomic E-state index is 12.4. The average Bonchev–Trinajstić information content (AvgIpc) is 2.83. The number of rotatable bonds is 3. The number of carbonyl (C=O) groups excluding carboxylic acids is 3. The molecule has 2 aliphatic rings. The molecule has 1 aromatic rings. The first-order valence-corrected chi connectivity index (χ1v) is 8.46. The van der Waals surface area contributed by atoms with Crippen LogP contribution in [0.25, 0.3) is 0 Å². The molecule has 0 N–H and O–H groups in total. The molecule has 140 valence electrons. The second-order valence-corrected chi connectivity index (χ2v) is 7.15. The molecule has 26 heavy (non-hydrogen) atoms. The Morgan fingerprint density at radius 3 is 2.38 bits per heavy atom. The Balaban J connectivity index is 1.65. The van der Waals surface area contributed by atoms with Gasteiger partial charge in [-0.05, 0) is 32.9 Å². The van der Waals surface area contributed by atoms with E-state index in [1.165, 1.54) is 4.90 Å². The van der Waals surface area contributed by atoms with E-state index in [2.05, 4.69) is 0 Å². The molecule has 2 heterocycles. The van der Waals surface area contributed by atoms with Crippen LogP contribution < -0.4 is 0 Å². The van der Waals surface area contributed by atoms with Crippen molar-refractivity contribution in [3.05, 3.63) is 35.4 Å². The summed E-state index contributed by atoms with van der Waals surface area (Å²) in [6.45, 7) is 6.29. The highest BCUT2D eigenvalue weighted by atomic mass is 16.7. The molecule has 1 atom stereocenters. The molecular weight excluding hydrogens is 340 g/mol. The van der Waals surface area contributed by atoms with E-state index in [0.29, 0.717) is 24.3 Å². The summed E-state index contributed by atoms with van der Waals surface area (Å²) >= 11 is 0. The summed E-state index contributed by atoms with van der Waals surface area (Å²) in [6.07, 6.45) is -0.475. The zero-order valence-electron chi connectivity index (χ0n) is 15.1. The molecule has 0 aromatic heterocycles. The van der Waals surface area contributed by atoms with E-state index in [0.717, 1.165) is 5.06 Å². The molecule has 2 aliphatic heterocycles. The predicted molar refractivity (Wildman–Crippen MR) is 90.4 cm³/mol. The number of imide groups is 1. The van der Waals surface area contributed by atoms with Crippen LogP contribution in [0.1, 0.15) is 41.5 Å². The molecule has 1 fully saturated rings. The number of hydrogen-bond donors (Lipinski definition) is 0. The molecule has 0 radical (unpaired) electrons. The number of ether oxygens (including phenoxy) is 2. The SMILES string of the molecule is CC(C)(C)OC(=O)N1CCOC[C@@H]1CON1C(=O)c2ccccc2C1=O. The third-order valence-electron chi connectivity index (χ3n) is 4.01. The number of benzene rings is 1. The smallest absolute Gasteiger partial charge is 0.410 e. The second-order valence-electron chi connectivity index (χ2n) is 7.15. The molecule has 0 spiro atoms. The Kier molecular flexibility index (Phi) is 4.97. The number of amides is 3. The minimum absolute atomic E-state index is 0.0509. The van der Waals surface area contributed by atoms with Gasteiger partial charge in [0.15, 0.2) is 0 Å². The number of nitrogens with zero attached hydrogens (tertiary/aromatic N) is 2. The summed E-state index contributed by atoms with van der Waals surface area (Å²) in [7, 11) is 0. The van der Waals surface area contributed by atoms with Gasteiger partial charge in [0.25, 0.3) is 11.8 Å². The first-order valence-electron chi connectivity index (χ1n) is 8.46. The fourth-order valence-electron chi connectivity index (χ4n) is 2.80. The van der Waals surface area contributed by atoms with E-state index in [-0.39, 0.29) is 13.2 Å². The number of carbonyl (C=O) groups is 3. The van der Waals surface area contributed by atoms with Crippen molar-refractivity contribution in [1.29, 1.82) is 0 Å². The monoisotopic (exact) mass is 362 g/mol. The topological polar surface area (TPSA) is 85.4 Å². The van der Waals surface area contributed by atoms with Crippen molar-refractivity contribution >= 4 is 17.9 Å². The van der Waals surface area contributed by atoms with Crippen molar-refractivity contribution in [1.82, 2.24) is 9.96 Å². The van der Waals surface area contributed by atoms with E-state index in [4.69, 9.17) is 14.3 Å². The number of fused-ring (bicyclic) bond motifs is 1. The van der Waals surface area contributed by atoms with Crippen LogP contribution in [0.4, 0.5) is 4.79 Å². The van der Waals surface area contributed by atoms with Crippen LogP contribution in [0, 0.1) is 0 Å². The molecule has 1 saturated heterocycles. The minimum atomic E-state index is -0.622.